The van der Waals surface area contributed by atoms with Crippen molar-refractivity contribution in [2.24, 2.45) is 0 Å². The van der Waals surface area contributed by atoms with Crippen molar-refractivity contribution >= 4 is 33.7 Å². The summed E-state index contributed by atoms with van der Waals surface area (Å²) >= 11 is 2.76. The second kappa shape index (κ2) is 5.29. The zero-order chi connectivity index (χ0) is 13.1. The average molecular weight is 287 g/mol. The molecule has 0 bridgehead atoms. The predicted molar refractivity (Wildman–Crippen MR) is 77.6 cm³/mol. The first-order valence-electron chi connectivity index (χ1n) is 5.57. The Balaban J connectivity index is 1.77. The minimum Gasteiger partial charge on any atom is -0.296 e. The molecule has 94 valence electrons. The van der Waals surface area contributed by atoms with Gasteiger partial charge in [0.15, 0.2) is 0 Å². The quantitative estimate of drug-likeness (QED) is 0.802. The highest BCUT2D eigenvalue weighted by Crippen LogP contribution is 2.26. The molecule has 3 rings (SSSR count). The highest BCUT2D eigenvalue weighted by Gasteiger charge is 2.11. The van der Waals surface area contributed by atoms with Crippen molar-refractivity contribution in [3.05, 3.63) is 52.7 Å². The maximum Gasteiger partial charge on any atom is 0.267 e. The fraction of sp³-hybridized carbons (Fsp3) is 0. The van der Waals surface area contributed by atoms with E-state index < -0.39 is 0 Å². The van der Waals surface area contributed by atoms with Crippen LogP contribution < -0.4 is 5.32 Å². The molecule has 0 fully saturated rings. The number of amides is 1. The van der Waals surface area contributed by atoms with Crippen LogP contribution in [-0.2, 0) is 0 Å². The smallest absolute Gasteiger partial charge is 0.267 e. The molecule has 6 heteroatoms. The first-order chi connectivity index (χ1) is 9.33. The largest absolute Gasteiger partial charge is 0.296 e. The van der Waals surface area contributed by atoms with E-state index in [9.17, 15) is 4.79 Å². The lowest BCUT2D eigenvalue weighted by Gasteiger charge is -1.96. The topological polar surface area (TPSA) is 54.9 Å². The van der Waals surface area contributed by atoms with Crippen LogP contribution >= 0.6 is 22.7 Å². The van der Waals surface area contributed by atoms with Crippen molar-refractivity contribution < 1.29 is 4.79 Å². The summed E-state index contributed by atoms with van der Waals surface area (Å²) in [5.74, 6) is -0.147. The summed E-state index contributed by atoms with van der Waals surface area (Å²) in [6, 6.07) is 13.4. The van der Waals surface area contributed by atoms with Crippen LogP contribution in [0.1, 0.15) is 9.67 Å². The third kappa shape index (κ3) is 2.69. The van der Waals surface area contributed by atoms with Crippen molar-refractivity contribution in [1.29, 1.82) is 0 Å². The van der Waals surface area contributed by atoms with Crippen LogP contribution in [0.2, 0.25) is 0 Å². The van der Waals surface area contributed by atoms with Gasteiger partial charge < -0.3 is 0 Å². The molecular formula is C13H9N3OS2. The molecule has 1 aromatic carbocycles. The van der Waals surface area contributed by atoms with E-state index in [1.165, 1.54) is 22.7 Å². The Bertz CT molecular complexity index is 677. The number of nitrogens with one attached hydrogen (secondary N) is 1. The third-order valence-corrected chi connectivity index (χ3v) is 4.17. The average Bonchev–Trinajstić information content (AvgIpc) is 3.11. The molecule has 19 heavy (non-hydrogen) atoms. The number of rotatable bonds is 3. The summed E-state index contributed by atoms with van der Waals surface area (Å²) < 4.78 is 0. The van der Waals surface area contributed by atoms with Crippen LogP contribution in [0.25, 0.3) is 10.6 Å². The highest BCUT2D eigenvalue weighted by molar-refractivity contribution is 7.18. The Hall–Kier alpha value is -2.05. The van der Waals surface area contributed by atoms with E-state index >= 15 is 0 Å². The normalized spacial score (nSPS) is 10.3. The molecule has 0 radical (unpaired) electrons. The molecule has 0 saturated heterocycles. The van der Waals surface area contributed by atoms with Gasteiger partial charge in [0.2, 0.25) is 5.13 Å². The van der Waals surface area contributed by atoms with Gasteiger partial charge in [-0.25, -0.2) is 0 Å². The SMILES string of the molecule is O=C(Nc1nnc(-c2ccccc2)s1)c1cccs1. The Kier molecular flexibility index (Phi) is 3.35. The highest BCUT2D eigenvalue weighted by atomic mass is 32.1. The number of nitrogens with zero attached hydrogens (tertiary/aromatic N) is 2. The molecule has 0 atom stereocenters. The number of carbonyl (C=O) groups is 1. The second-order valence-electron chi connectivity index (χ2n) is 3.71. The van der Waals surface area contributed by atoms with Crippen LogP contribution in [-0.4, -0.2) is 16.1 Å². The van der Waals surface area contributed by atoms with Gasteiger partial charge in [0.05, 0.1) is 4.88 Å². The number of hydrogen-bond donors (Lipinski definition) is 1. The van der Waals surface area contributed by atoms with Gasteiger partial charge >= 0.3 is 0 Å². The van der Waals surface area contributed by atoms with E-state index in [2.05, 4.69) is 15.5 Å². The molecule has 3 aromatic rings. The van der Waals surface area contributed by atoms with Crippen molar-refractivity contribution in [2.75, 3.05) is 5.32 Å². The molecule has 1 N–H and O–H groups in total. The number of benzene rings is 1. The Morgan fingerprint density at radius 1 is 1.05 bits per heavy atom. The third-order valence-electron chi connectivity index (χ3n) is 2.41. The van der Waals surface area contributed by atoms with E-state index in [-0.39, 0.29) is 5.91 Å². The minimum atomic E-state index is -0.147. The summed E-state index contributed by atoms with van der Waals surface area (Å²) in [7, 11) is 0. The molecule has 0 aliphatic rings. The van der Waals surface area contributed by atoms with E-state index in [1.807, 2.05) is 41.8 Å². The van der Waals surface area contributed by atoms with E-state index in [0.29, 0.717) is 10.0 Å². The molecule has 4 nitrogen and oxygen atoms in total. The fourth-order valence-electron chi connectivity index (χ4n) is 1.54. The minimum absolute atomic E-state index is 0.147. The summed E-state index contributed by atoms with van der Waals surface area (Å²) in [5, 5.41) is 14.0. The second-order valence-corrected chi connectivity index (χ2v) is 5.64. The number of hydrogen-bond acceptors (Lipinski definition) is 5. The molecule has 0 saturated carbocycles. The van der Waals surface area contributed by atoms with Gasteiger partial charge in [-0.1, -0.05) is 47.7 Å². The van der Waals surface area contributed by atoms with Gasteiger partial charge in [0.1, 0.15) is 5.01 Å². The number of thiophene rings is 1. The van der Waals surface area contributed by atoms with Crippen LogP contribution in [0.5, 0.6) is 0 Å². The molecule has 0 spiro atoms. The van der Waals surface area contributed by atoms with E-state index in [1.54, 1.807) is 6.07 Å². The van der Waals surface area contributed by atoms with Gasteiger partial charge in [0, 0.05) is 5.56 Å². The van der Waals surface area contributed by atoms with Crippen molar-refractivity contribution in [3.8, 4) is 10.6 Å². The summed E-state index contributed by atoms with van der Waals surface area (Å²) in [4.78, 5) is 12.5. The molecular weight excluding hydrogens is 278 g/mol. The number of carbonyl (C=O) groups excluding carboxylic acids is 1. The van der Waals surface area contributed by atoms with Crippen molar-refractivity contribution in [2.45, 2.75) is 0 Å². The molecule has 2 aromatic heterocycles. The van der Waals surface area contributed by atoms with E-state index in [4.69, 9.17) is 0 Å². The van der Waals surface area contributed by atoms with E-state index in [0.717, 1.165) is 10.6 Å². The molecule has 0 aliphatic carbocycles. The van der Waals surface area contributed by atoms with Gasteiger partial charge in [-0.05, 0) is 11.4 Å². The fourth-order valence-corrected chi connectivity index (χ4v) is 2.90. The van der Waals surface area contributed by atoms with Crippen LogP contribution in [0.4, 0.5) is 5.13 Å². The lowest BCUT2D eigenvalue weighted by molar-refractivity contribution is 0.103. The Morgan fingerprint density at radius 2 is 1.89 bits per heavy atom. The Morgan fingerprint density at radius 3 is 2.63 bits per heavy atom. The first kappa shape index (κ1) is 12.0. The van der Waals surface area contributed by atoms with Crippen molar-refractivity contribution in [3.63, 3.8) is 0 Å². The van der Waals surface area contributed by atoms with Gasteiger partial charge in [-0.15, -0.1) is 21.5 Å². The molecule has 2 heterocycles. The summed E-state index contributed by atoms with van der Waals surface area (Å²) in [6.07, 6.45) is 0. The van der Waals surface area contributed by atoms with Gasteiger partial charge in [-0.2, -0.15) is 0 Å². The molecule has 1 amide bonds. The molecule has 0 aliphatic heterocycles. The zero-order valence-electron chi connectivity index (χ0n) is 9.74. The predicted octanol–water partition coefficient (Wildman–Crippen LogP) is 3.52. The van der Waals surface area contributed by atoms with Crippen LogP contribution in [0, 0.1) is 0 Å². The van der Waals surface area contributed by atoms with Gasteiger partial charge in [-0.3, -0.25) is 10.1 Å². The lowest BCUT2D eigenvalue weighted by atomic mass is 10.2. The lowest BCUT2D eigenvalue weighted by Crippen LogP contribution is -2.09. The zero-order valence-corrected chi connectivity index (χ0v) is 11.4. The standard InChI is InChI=1S/C13H9N3OS2/c17-11(10-7-4-8-18-10)14-13-16-15-12(19-13)9-5-2-1-3-6-9/h1-8H,(H,14,16,17). The first-order valence-corrected chi connectivity index (χ1v) is 7.26. The van der Waals surface area contributed by atoms with Crippen LogP contribution in [0.3, 0.4) is 0 Å². The maximum atomic E-state index is 11.9. The number of aromatic nitrogens is 2. The van der Waals surface area contributed by atoms with Gasteiger partial charge in [0.25, 0.3) is 5.91 Å². The Labute approximate surface area is 117 Å². The monoisotopic (exact) mass is 287 g/mol. The molecule has 0 unspecified atom stereocenters. The van der Waals surface area contributed by atoms with Crippen molar-refractivity contribution in [1.82, 2.24) is 10.2 Å². The maximum absolute atomic E-state index is 11.9. The summed E-state index contributed by atoms with van der Waals surface area (Å²) in [5.41, 5.74) is 0.997. The summed E-state index contributed by atoms with van der Waals surface area (Å²) in [6.45, 7) is 0. The number of anilines is 1. The van der Waals surface area contributed by atoms with Crippen LogP contribution in [0.15, 0.2) is 47.8 Å².